The highest BCUT2D eigenvalue weighted by atomic mass is 16.5. The lowest BCUT2D eigenvalue weighted by atomic mass is 9.94. The Hall–Kier alpha value is -1.02. The van der Waals surface area contributed by atoms with Crippen LogP contribution in [0, 0.1) is 0 Å². The van der Waals surface area contributed by atoms with Crippen molar-refractivity contribution < 1.29 is 4.74 Å². The Morgan fingerprint density at radius 2 is 2.07 bits per heavy atom. The summed E-state index contributed by atoms with van der Waals surface area (Å²) in [5, 5.41) is 0. The lowest BCUT2D eigenvalue weighted by molar-refractivity contribution is 0.403. The normalized spacial score (nSPS) is 12.5. The molecule has 1 atom stereocenters. The summed E-state index contributed by atoms with van der Waals surface area (Å²) in [5.41, 5.74) is 6.99. The van der Waals surface area contributed by atoms with Gasteiger partial charge >= 0.3 is 0 Å². The predicted molar refractivity (Wildman–Crippen MR) is 59.7 cm³/mol. The van der Waals surface area contributed by atoms with Crippen LogP contribution < -0.4 is 10.5 Å². The monoisotopic (exact) mass is 193 g/mol. The van der Waals surface area contributed by atoms with Crippen LogP contribution in [0.4, 0.5) is 0 Å². The van der Waals surface area contributed by atoms with Crippen molar-refractivity contribution in [2.24, 2.45) is 5.73 Å². The molecule has 0 bridgehead atoms. The van der Waals surface area contributed by atoms with Crippen molar-refractivity contribution in [1.29, 1.82) is 0 Å². The average Bonchev–Trinajstić information content (AvgIpc) is 2.26. The molecule has 1 aromatic carbocycles. The molecule has 0 heterocycles. The second-order valence-electron chi connectivity index (χ2n) is 3.46. The minimum atomic E-state index is 0.427. The Morgan fingerprint density at radius 1 is 1.36 bits per heavy atom. The van der Waals surface area contributed by atoms with Crippen molar-refractivity contribution in [1.82, 2.24) is 0 Å². The second-order valence-corrected chi connectivity index (χ2v) is 3.46. The van der Waals surface area contributed by atoms with Gasteiger partial charge in [0, 0.05) is 0 Å². The van der Waals surface area contributed by atoms with Gasteiger partial charge in [-0.3, -0.25) is 0 Å². The van der Waals surface area contributed by atoms with E-state index in [0.717, 1.165) is 18.6 Å². The molecular weight excluding hydrogens is 174 g/mol. The fourth-order valence-corrected chi connectivity index (χ4v) is 1.75. The molecule has 0 aliphatic rings. The van der Waals surface area contributed by atoms with Gasteiger partial charge in [0.25, 0.3) is 0 Å². The predicted octanol–water partition coefficient (Wildman–Crippen LogP) is 2.54. The van der Waals surface area contributed by atoms with E-state index in [4.69, 9.17) is 10.5 Å². The third-order valence-corrected chi connectivity index (χ3v) is 2.50. The number of nitrogens with two attached hydrogens (primary N) is 1. The topological polar surface area (TPSA) is 35.2 Å². The summed E-state index contributed by atoms with van der Waals surface area (Å²) in [5.74, 6) is 1.38. The van der Waals surface area contributed by atoms with Gasteiger partial charge in [-0.15, -0.1) is 0 Å². The highest BCUT2D eigenvalue weighted by Crippen LogP contribution is 2.28. The zero-order valence-corrected chi connectivity index (χ0v) is 8.99. The van der Waals surface area contributed by atoms with Crippen LogP contribution >= 0.6 is 0 Å². The van der Waals surface area contributed by atoms with Crippen molar-refractivity contribution in [3.63, 3.8) is 0 Å². The van der Waals surface area contributed by atoms with Gasteiger partial charge in [0.2, 0.25) is 0 Å². The van der Waals surface area contributed by atoms with Crippen molar-refractivity contribution >= 4 is 0 Å². The fraction of sp³-hybridized carbons (Fsp3) is 0.500. The molecule has 2 heteroatoms. The first kappa shape index (κ1) is 11.1. The molecule has 0 radical (unpaired) electrons. The van der Waals surface area contributed by atoms with Crippen LogP contribution in [0.3, 0.4) is 0 Å². The summed E-state index contributed by atoms with van der Waals surface area (Å²) < 4.78 is 5.32. The molecule has 0 aliphatic carbocycles. The third-order valence-electron chi connectivity index (χ3n) is 2.50. The molecule has 78 valence electrons. The number of methoxy groups -OCH3 is 1. The number of benzene rings is 1. The molecule has 1 aromatic rings. The van der Waals surface area contributed by atoms with Crippen LogP contribution in [0.5, 0.6) is 5.75 Å². The maximum atomic E-state index is 5.76. The Labute approximate surface area is 86.1 Å². The fourth-order valence-electron chi connectivity index (χ4n) is 1.75. The molecule has 2 nitrogen and oxygen atoms in total. The Balaban J connectivity index is 2.90. The highest BCUT2D eigenvalue weighted by Gasteiger charge is 2.12. The molecular formula is C12H19NO. The molecule has 0 amide bonds. The summed E-state index contributed by atoms with van der Waals surface area (Å²) >= 11 is 0. The number of hydrogen-bond acceptors (Lipinski definition) is 2. The summed E-state index contributed by atoms with van der Waals surface area (Å²) in [4.78, 5) is 0. The van der Waals surface area contributed by atoms with Gasteiger partial charge in [-0.1, -0.05) is 31.5 Å². The van der Waals surface area contributed by atoms with Crippen LogP contribution in [0.2, 0.25) is 0 Å². The van der Waals surface area contributed by atoms with Gasteiger partial charge in [-0.2, -0.15) is 0 Å². The largest absolute Gasteiger partial charge is 0.496 e. The number of para-hydroxylation sites is 1. The summed E-state index contributed by atoms with van der Waals surface area (Å²) in [7, 11) is 1.71. The van der Waals surface area contributed by atoms with Gasteiger partial charge in [0.15, 0.2) is 0 Å². The van der Waals surface area contributed by atoms with E-state index in [1.54, 1.807) is 7.11 Å². The van der Waals surface area contributed by atoms with Crippen molar-refractivity contribution in [3.05, 3.63) is 29.8 Å². The molecule has 1 unspecified atom stereocenters. The van der Waals surface area contributed by atoms with E-state index in [1.807, 2.05) is 18.2 Å². The average molecular weight is 193 g/mol. The third kappa shape index (κ3) is 2.48. The maximum absolute atomic E-state index is 5.76. The van der Waals surface area contributed by atoms with Crippen molar-refractivity contribution in [2.45, 2.75) is 25.7 Å². The minimum Gasteiger partial charge on any atom is -0.496 e. The second kappa shape index (κ2) is 5.66. The summed E-state index contributed by atoms with van der Waals surface area (Å²) in [6, 6.07) is 8.12. The quantitative estimate of drug-likeness (QED) is 0.780. The van der Waals surface area contributed by atoms with Crippen LogP contribution in [-0.2, 0) is 0 Å². The van der Waals surface area contributed by atoms with E-state index in [1.165, 1.54) is 5.56 Å². The zero-order valence-electron chi connectivity index (χ0n) is 8.99. The Bertz CT molecular complexity index is 273. The van der Waals surface area contributed by atoms with Crippen LogP contribution in [0.15, 0.2) is 24.3 Å². The van der Waals surface area contributed by atoms with Crippen LogP contribution in [0.1, 0.15) is 31.2 Å². The Morgan fingerprint density at radius 3 is 2.64 bits per heavy atom. The van der Waals surface area contributed by atoms with Gasteiger partial charge < -0.3 is 10.5 Å². The van der Waals surface area contributed by atoms with Crippen molar-refractivity contribution in [3.8, 4) is 5.75 Å². The summed E-state index contributed by atoms with van der Waals surface area (Å²) in [6.45, 7) is 2.87. The number of hydrogen-bond donors (Lipinski definition) is 1. The minimum absolute atomic E-state index is 0.427. The van der Waals surface area contributed by atoms with Gasteiger partial charge in [0.1, 0.15) is 5.75 Å². The van der Waals surface area contributed by atoms with E-state index in [-0.39, 0.29) is 0 Å². The van der Waals surface area contributed by atoms with E-state index >= 15 is 0 Å². The highest BCUT2D eigenvalue weighted by molar-refractivity contribution is 5.36. The molecule has 0 spiro atoms. The van der Waals surface area contributed by atoms with E-state index < -0.39 is 0 Å². The standard InChI is InChI=1S/C12H19NO/c1-3-6-10(9-13)11-7-4-5-8-12(11)14-2/h4-5,7-8,10H,3,6,9,13H2,1-2H3. The first-order valence-corrected chi connectivity index (χ1v) is 5.16. The zero-order chi connectivity index (χ0) is 10.4. The van der Waals surface area contributed by atoms with Gasteiger partial charge in [-0.05, 0) is 30.5 Å². The van der Waals surface area contributed by atoms with Crippen LogP contribution in [-0.4, -0.2) is 13.7 Å². The van der Waals surface area contributed by atoms with E-state index in [2.05, 4.69) is 13.0 Å². The lowest BCUT2D eigenvalue weighted by Gasteiger charge is -2.17. The van der Waals surface area contributed by atoms with Gasteiger partial charge in [-0.25, -0.2) is 0 Å². The Kier molecular flexibility index (Phi) is 4.47. The first-order chi connectivity index (χ1) is 6.83. The smallest absolute Gasteiger partial charge is 0.122 e. The van der Waals surface area contributed by atoms with E-state index in [0.29, 0.717) is 12.5 Å². The van der Waals surface area contributed by atoms with Crippen molar-refractivity contribution in [2.75, 3.05) is 13.7 Å². The number of ether oxygens (including phenoxy) is 1. The molecule has 14 heavy (non-hydrogen) atoms. The molecule has 0 aromatic heterocycles. The lowest BCUT2D eigenvalue weighted by Crippen LogP contribution is -2.13. The van der Waals surface area contributed by atoms with E-state index in [9.17, 15) is 0 Å². The molecule has 0 aliphatic heterocycles. The summed E-state index contributed by atoms with van der Waals surface area (Å²) in [6.07, 6.45) is 2.27. The maximum Gasteiger partial charge on any atom is 0.122 e. The molecule has 1 rings (SSSR count). The molecule has 0 fully saturated rings. The SMILES string of the molecule is CCCC(CN)c1ccccc1OC. The molecule has 0 saturated heterocycles. The molecule has 0 saturated carbocycles. The van der Waals surface area contributed by atoms with Crippen LogP contribution in [0.25, 0.3) is 0 Å². The first-order valence-electron chi connectivity index (χ1n) is 5.16. The molecule has 2 N–H and O–H groups in total. The number of rotatable bonds is 5. The van der Waals surface area contributed by atoms with Gasteiger partial charge in [0.05, 0.1) is 7.11 Å².